The molecule has 0 atom stereocenters. The van der Waals surface area contributed by atoms with Crippen molar-refractivity contribution in [2.45, 2.75) is 39.7 Å². The Bertz CT molecular complexity index is 571. The maximum absolute atomic E-state index is 13.3. The molecule has 0 saturated heterocycles. The van der Waals surface area contributed by atoms with Crippen molar-refractivity contribution in [3.8, 4) is 0 Å². The molecule has 1 aromatic heterocycles. The molecule has 0 aliphatic rings. The Balaban J connectivity index is 2.30. The van der Waals surface area contributed by atoms with E-state index in [1.54, 1.807) is 13.0 Å². The molecule has 1 heterocycles. The van der Waals surface area contributed by atoms with Gasteiger partial charge < -0.3 is 9.36 Å². The van der Waals surface area contributed by atoms with E-state index in [9.17, 15) is 9.18 Å². The van der Waals surface area contributed by atoms with Crippen molar-refractivity contribution in [3.63, 3.8) is 0 Å². The van der Waals surface area contributed by atoms with Gasteiger partial charge in [-0.25, -0.2) is 4.39 Å². The number of ketones is 1. The van der Waals surface area contributed by atoms with Gasteiger partial charge in [0, 0.05) is 30.1 Å². The zero-order valence-corrected chi connectivity index (χ0v) is 10.9. The van der Waals surface area contributed by atoms with Gasteiger partial charge in [-0.3, -0.25) is 0 Å². The number of carbonyl (C=O) groups excluding carboxylic acids is 1. The lowest BCUT2D eigenvalue weighted by Crippen LogP contribution is -1.99. The van der Waals surface area contributed by atoms with Gasteiger partial charge in [0.1, 0.15) is 11.6 Å². The first kappa shape index (κ1) is 12.8. The van der Waals surface area contributed by atoms with Crippen LogP contribution in [0, 0.1) is 5.82 Å². The van der Waals surface area contributed by atoms with Crippen molar-refractivity contribution >= 4 is 16.7 Å². The van der Waals surface area contributed by atoms with E-state index >= 15 is 0 Å². The molecule has 1 aromatic carbocycles. The van der Waals surface area contributed by atoms with Crippen molar-refractivity contribution in [1.29, 1.82) is 0 Å². The summed E-state index contributed by atoms with van der Waals surface area (Å²) in [5, 5.41) is 0.986. The molecule has 0 aliphatic carbocycles. The number of Topliss-reactive ketones (excluding diaryl/α,β-unsaturated/α-hetero) is 1. The Morgan fingerprint density at radius 3 is 2.83 bits per heavy atom. The third kappa shape index (κ3) is 2.61. The monoisotopic (exact) mass is 247 g/mol. The quantitative estimate of drug-likeness (QED) is 0.789. The number of rotatable bonds is 5. The third-order valence-electron chi connectivity index (χ3n) is 3.23. The molecule has 2 aromatic rings. The molecular weight excluding hydrogens is 229 g/mol. The van der Waals surface area contributed by atoms with Crippen LogP contribution < -0.4 is 0 Å². The van der Waals surface area contributed by atoms with E-state index in [2.05, 4.69) is 17.7 Å². The topological polar surface area (TPSA) is 22.0 Å². The number of nitrogens with zero attached hydrogens (tertiary/aromatic N) is 1. The SMILES string of the molecule is CCc1cn(CCCC(C)=O)c2ccc(F)cc12. The van der Waals surface area contributed by atoms with Crippen LogP contribution in [0.25, 0.3) is 10.9 Å². The standard InChI is InChI=1S/C15H18FNO/c1-3-12-10-17(8-4-5-11(2)18)15-7-6-13(16)9-14(12)15/h6-7,9-10H,3-5,8H2,1-2H3. The Morgan fingerprint density at radius 2 is 2.17 bits per heavy atom. The van der Waals surface area contributed by atoms with Crippen molar-refractivity contribution in [2.75, 3.05) is 0 Å². The maximum atomic E-state index is 13.3. The van der Waals surface area contributed by atoms with Crippen molar-refractivity contribution < 1.29 is 9.18 Å². The predicted molar refractivity (Wildman–Crippen MR) is 71.2 cm³/mol. The number of hydrogen-bond donors (Lipinski definition) is 0. The van der Waals surface area contributed by atoms with E-state index in [4.69, 9.17) is 0 Å². The van der Waals surface area contributed by atoms with Gasteiger partial charge in [0.05, 0.1) is 0 Å². The first-order valence-corrected chi connectivity index (χ1v) is 6.38. The van der Waals surface area contributed by atoms with Crippen LogP contribution in [0.1, 0.15) is 32.3 Å². The summed E-state index contributed by atoms with van der Waals surface area (Å²) in [6.07, 6.45) is 4.39. The summed E-state index contributed by atoms with van der Waals surface area (Å²) in [5.74, 6) is 0.0203. The number of carbonyl (C=O) groups is 1. The van der Waals surface area contributed by atoms with E-state index in [0.717, 1.165) is 35.9 Å². The molecule has 0 unspecified atom stereocenters. The van der Waals surface area contributed by atoms with E-state index < -0.39 is 0 Å². The van der Waals surface area contributed by atoms with Gasteiger partial charge in [0.25, 0.3) is 0 Å². The third-order valence-corrected chi connectivity index (χ3v) is 3.23. The molecule has 2 nitrogen and oxygen atoms in total. The fourth-order valence-corrected chi connectivity index (χ4v) is 2.31. The highest BCUT2D eigenvalue weighted by Gasteiger charge is 2.08. The molecule has 0 radical (unpaired) electrons. The summed E-state index contributed by atoms with van der Waals surface area (Å²) < 4.78 is 15.4. The predicted octanol–water partition coefficient (Wildman–Crippen LogP) is 3.71. The Labute approximate surface area is 106 Å². The van der Waals surface area contributed by atoms with E-state index in [-0.39, 0.29) is 11.6 Å². The van der Waals surface area contributed by atoms with E-state index in [1.807, 2.05) is 6.07 Å². The Kier molecular flexibility index (Phi) is 3.80. The van der Waals surface area contributed by atoms with Gasteiger partial charge in [-0.2, -0.15) is 0 Å². The molecular formula is C15H18FNO. The minimum atomic E-state index is -0.196. The van der Waals surface area contributed by atoms with Gasteiger partial charge in [-0.15, -0.1) is 0 Å². The fraction of sp³-hybridized carbons (Fsp3) is 0.400. The van der Waals surface area contributed by atoms with E-state index in [0.29, 0.717) is 6.42 Å². The molecule has 0 fully saturated rings. The minimum absolute atomic E-state index is 0.196. The second-order valence-corrected chi connectivity index (χ2v) is 4.67. The number of halogens is 1. The number of benzene rings is 1. The van der Waals surface area contributed by atoms with Crippen LogP contribution in [-0.4, -0.2) is 10.4 Å². The van der Waals surface area contributed by atoms with Crippen LogP contribution >= 0.6 is 0 Å². The van der Waals surface area contributed by atoms with Crippen LogP contribution in [0.5, 0.6) is 0 Å². The molecule has 0 bridgehead atoms. The fourth-order valence-electron chi connectivity index (χ4n) is 2.31. The largest absolute Gasteiger partial charge is 0.347 e. The number of hydrogen-bond acceptors (Lipinski definition) is 1. The lowest BCUT2D eigenvalue weighted by atomic mass is 10.1. The van der Waals surface area contributed by atoms with Crippen LogP contribution in [0.3, 0.4) is 0 Å². The van der Waals surface area contributed by atoms with Crippen molar-refractivity contribution in [1.82, 2.24) is 4.57 Å². The van der Waals surface area contributed by atoms with Crippen LogP contribution in [0.15, 0.2) is 24.4 Å². The summed E-state index contributed by atoms with van der Waals surface area (Å²) >= 11 is 0. The smallest absolute Gasteiger partial charge is 0.129 e. The molecule has 0 saturated carbocycles. The number of aromatic nitrogens is 1. The molecule has 0 spiro atoms. The van der Waals surface area contributed by atoms with Gasteiger partial charge >= 0.3 is 0 Å². The minimum Gasteiger partial charge on any atom is -0.347 e. The van der Waals surface area contributed by atoms with Crippen molar-refractivity contribution in [2.24, 2.45) is 0 Å². The van der Waals surface area contributed by atoms with Gasteiger partial charge in [0.15, 0.2) is 0 Å². The molecule has 0 amide bonds. The Hall–Kier alpha value is -1.64. The first-order valence-electron chi connectivity index (χ1n) is 6.38. The summed E-state index contributed by atoms with van der Waals surface area (Å²) in [4.78, 5) is 10.9. The summed E-state index contributed by atoms with van der Waals surface area (Å²) in [7, 11) is 0. The Morgan fingerprint density at radius 1 is 1.39 bits per heavy atom. The lowest BCUT2D eigenvalue weighted by Gasteiger charge is -2.04. The average Bonchev–Trinajstić information content (AvgIpc) is 2.66. The summed E-state index contributed by atoms with van der Waals surface area (Å²) in [5.41, 5.74) is 2.21. The molecule has 0 N–H and O–H groups in total. The van der Waals surface area contributed by atoms with Gasteiger partial charge in [-0.05, 0) is 43.5 Å². The number of aryl methyl sites for hydroxylation is 2. The normalized spacial score (nSPS) is 11.1. The molecule has 0 aliphatic heterocycles. The van der Waals surface area contributed by atoms with Gasteiger partial charge in [-0.1, -0.05) is 6.92 Å². The average molecular weight is 247 g/mol. The van der Waals surface area contributed by atoms with Crippen LogP contribution in [0.4, 0.5) is 4.39 Å². The van der Waals surface area contributed by atoms with E-state index in [1.165, 1.54) is 6.07 Å². The molecule has 3 heteroatoms. The second-order valence-electron chi connectivity index (χ2n) is 4.67. The lowest BCUT2D eigenvalue weighted by molar-refractivity contribution is -0.117. The second kappa shape index (κ2) is 5.34. The summed E-state index contributed by atoms with van der Waals surface area (Å²) in [6.45, 7) is 4.49. The maximum Gasteiger partial charge on any atom is 0.129 e. The highest BCUT2D eigenvalue weighted by Crippen LogP contribution is 2.23. The zero-order chi connectivity index (χ0) is 13.1. The summed E-state index contributed by atoms with van der Waals surface area (Å²) in [6, 6.07) is 4.90. The first-order chi connectivity index (χ1) is 8.61. The van der Waals surface area contributed by atoms with Crippen molar-refractivity contribution in [3.05, 3.63) is 35.8 Å². The van der Waals surface area contributed by atoms with Crippen LogP contribution in [0.2, 0.25) is 0 Å². The highest BCUT2D eigenvalue weighted by molar-refractivity contribution is 5.84. The molecule has 2 rings (SSSR count). The van der Waals surface area contributed by atoms with Crippen LogP contribution in [-0.2, 0) is 17.8 Å². The number of fused-ring (bicyclic) bond motifs is 1. The highest BCUT2D eigenvalue weighted by atomic mass is 19.1. The van der Waals surface area contributed by atoms with Gasteiger partial charge in [0.2, 0.25) is 0 Å². The zero-order valence-electron chi connectivity index (χ0n) is 10.9. The molecule has 18 heavy (non-hydrogen) atoms. The molecule has 96 valence electrons.